The minimum absolute atomic E-state index is 0.0579. The molecule has 0 amide bonds. The molecule has 1 aliphatic heterocycles. The summed E-state index contributed by atoms with van der Waals surface area (Å²) < 4.78 is 23.5. The minimum atomic E-state index is -0.610. The predicted octanol–water partition coefficient (Wildman–Crippen LogP) is 2.13. The number of rotatable bonds is 3. The molecule has 1 atom stereocenters. The van der Waals surface area contributed by atoms with Crippen LogP contribution in [0.15, 0.2) is 18.2 Å². The van der Waals surface area contributed by atoms with Gasteiger partial charge in [0.1, 0.15) is 12.4 Å². The van der Waals surface area contributed by atoms with Gasteiger partial charge in [0.05, 0.1) is 11.7 Å². The summed E-state index contributed by atoms with van der Waals surface area (Å²) in [6, 6.07) is 3.64. The van der Waals surface area contributed by atoms with E-state index in [-0.39, 0.29) is 24.0 Å². The number of halogens is 1. The van der Waals surface area contributed by atoms with Crippen LogP contribution in [0.2, 0.25) is 0 Å². The van der Waals surface area contributed by atoms with Gasteiger partial charge in [-0.05, 0) is 37.5 Å². The van der Waals surface area contributed by atoms with Gasteiger partial charge in [0, 0.05) is 12.3 Å². The molecule has 1 aromatic rings. The minimum Gasteiger partial charge on any atom is -0.459 e. The number of carbonyl (C=O) groups is 1. The van der Waals surface area contributed by atoms with E-state index in [1.807, 2.05) is 0 Å². The number of ether oxygens (including phenoxy) is 2. The van der Waals surface area contributed by atoms with E-state index < -0.39 is 11.8 Å². The molecule has 1 aliphatic rings. The topological polar surface area (TPSA) is 61.6 Å². The molecule has 98 valence electrons. The van der Waals surface area contributed by atoms with Crippen molar-refractivity contribution in [2.24, 2.45) is 0 Å². The Hall–Kier alpha value is -1.62. The van der Waals surface area contributed by atoms with Gasteiger partial charge < -0.3 is 15.2 Å². The second kappa shape index (κ2) is 5.82. The number of carbonyl (C=O) groups excluding carboxylic acids is 1. The fourth-order valence-electron chi connectivity index (χ4n) is 1.89. The van der Waals surface area contributed by atoms with E-state index in [0.717, 1.165) is 25.3 Å². The lowest BCUT2D eigenvalue weighted by Crippen LogP contribution is -2.26. The van der Waals surface area contributed by atoms with Crippen LogP contribution in [0.5, 0.6) is 0 Å². The maximum atomic E-state index is 13.0. The number of hydrogen-bond acceptors (Lipinski definition) is 4. The van der Waals surface area contributed by atoms with Crippen LogP contribution in [0.25, 0.3) is 0 Å². The zero-order valence-corrected chi connectivity index (χ0v) is 10.0. The van der Waals surface area contributed by atoms with Crippen molar-refractivity contribution in [3.8, 4) is 0 Å². The molecule has 2 N–H and O–H groups in total. The Morgan fingerprint density at radius 2 is 2.33 bits per heavy atom. The van der Waals surface area contributed by atoms with Gasteiger partial charge in [-0.1, -0.05) is 0 Å². The maximum Gasteiger partial charge on any atom is 0.340 e. The van der Waals surface area contributed by atoms with Crippen molar-refractivity contribution in [1.29, 1.82) is 0 Å². The van der Waals surface area contributed by atoms with Crippen LogP contribution in [0.4, 0.5) is 10.1 Å². The Kier molecular flexibility index (Phi) is 4.15. The molecule has 0 radical (unpaired) electrons. The summed E-state index contributed by atoms with van der Waals surface area (Å²) in [6.07, 6.45) is 2.94. The molecule has 0 unspecified atom stereocenters. The van der Waals surface area contributed by atoms with Crippen LogP contribution in [0.3, 0.4) is 0 Å². The first-order valence-electron chi connectivity index (χ1n) is 6.00. The van der Waals surface area contributed by atoms with Crippen molar-refractivity contribution in [3.63, 3.8) is 0 Å². The van der Waals surface area contributed by atoms with Crippen LogP contribution in [-0.2, 0) is 9.47 Å². The Labute approximate surface area is 105 Å². The molecular weight excluding hydrogens is 237 g/mol. The number of hydrogen-bond donors (Lipinski definition) is 1. The third kappa shape index (κ3) is 3.20. The van der Waals surface area contributed by atoms with E-state index in [1.165, 1.54) is 12.1 Å². The Balaban J connectivity index is 1.92. The molecule has 2 rings (SSSR count). The molecule has 0 saturated carbocycles. The Bertz CT molecular complexity index is 430. The molecule has 5 heteroatoms. The summed E-state index contributed by atoms with van der Waals surface area (Å²) in [5.41, 5.74) is 5.88. The SMILES string of the molecule is Nc1ccc(F)cc1C(=O)OC[C@@H]1CCCCO1. The van der Waals surface area contributed by atoms with E-state index in [4.69, 9.17) is 15.2 Å². The van der Waals surface area contributed by atoms with Crippen molar-refractivity contribution in [1.82, 2.24) is 0 Å². The normalized spacial score (nSPS) is 19.5. The lowest BCUT2D eigenvalue weighted by Gasteiger charge is -2.22. The van der Waals surface area contributed by atoms with Gasteiger partial charge in [-0.2, -0.15) is 0 Å². The number of benzene rings is 1. The highest BCUT2D eigenvalue weighted by molar-refractivity contribution is 5.95. The van der Waals surface area contributed by atoms with Crippen molar-refractivity contribution in [2.45, 2.75) is 25.4 Å². The van der Waals surface area contributed by atoms with Crippen molar-refractivity contribution >= 4 is 11.7 Å². The van der Waals surface area contributed by atoms with Gasteiger partial charge in [0.15, 0.2) is 0 Å². The van der Waals surface area contributed by atoms with Gasteiger partial charge in [0.2, 0.25) is 0 Å². The number of nitrogen functional groups attached to an aromatic ring is 1. The maximum absolute atomic E-state index is 13.0. The van der Waals surface area contributed by atoms with Crippen LogP contribution in [0, 0.1) is 5.82 Å². The summed E-state index contributed by atoms with van der Waals surface area (Å²) in [6.45, 7) is 0.888. The monoisotopic (exact) mass is 253 g/mol. The summed E-state index contributed by atoms with van der Waals surface area (Å²) in [4.78, 5) is 11.7. The third-order valence-corrected chi connectivity index (χ3v) is 2.91. The average molecular weight is 253 g/mol. The highest BCUT2D eigenvalue weighted by Gasteiger charge is 2.18. The Morgan fingerprint density at radius 1 is 1.50 bits per heavy atom. The quantitative estimate of drug-likeness (QED) is 0.662. The predicted molar refractivity (Wildman–Crippen MR) is 64.7 cm³/mol. The molecule has 18 heavy (non-hydrogen) atoms. The molecular formula is C13H16FNO3. The van der Waals surface area contributed by atoms with Crippen molar-refractivity contribution in [2.75, 3.05) is 18.9 Å². The van der Waals surface area contributed by atoms with E-state index in [2.05, 4.69) is 0 Å². The fraction of sp³-hybridized carbons (Fsp3) is 0.462. The summed E-state index contributed by atoms with van der Waals surface area (Å²) >= 11 is 0. The highest BCUT2D eigenvalue weighted by atomic mass is 19.1. The average Bonchev–Trinajstić information content (AvgIpc) is 2.40. The van der Waals surface area contributed by atoms with Crippen LogP contribution < -0.4 is 5.73 Å². The molecule has 1 aromatic carbocycles. The van der Waals surface area contributed by atoms with Gasteiger partial charge in [-0.25, -0.2) is 9.18 Å². The molecule has 0 aromatic heterocycles. The van der Waals surface area contributed by atoms with E-state index in [9.17, 15) is 9.18 Å². The van der Waals surface area contributed by atoms with Crippen LogP contribution in [-0.4, -0.2) is 25.3 Å². The van der Waals surface area contributed by atoms with Gasteiger partial charge in [-0.15, -0.1) is 0 Å². The van der Waals surface area contributed by atoms with Gasteiger partial charge in [0.25, 0.3) is 0 Å². The lowest BCUT2D eigenvalue weighted by atomic mass is 10.1. The molecule has 0 spiro atoms. The fourth-order valence-corrected chi connectivity index (χ4v) is 1.89. The zero-order chi connectivity index (χ0) is 13.0. The second-order valence-electron chi connectivity index (χ2n) is 4.32. The Morgan fingerprint density at radius 3 is 3.06 bits per heavy atom. The molecule has 0 aliphatic carbocycles. The first-order valence-corrected chi connectivity index (χ1v) is 6.00. The molecule has 4 nitrogen and oxygen atoms in total. The summed E-state index contributed by atoms with van der Waals surface area (Å²) in [5, 5.41) is 0. The molecule has 1 heterocycles. The summed E-state index contributed by atoms with van der Waals surface area (Å²) in [5.74, 6) is -1.12. The van der Waals surface area contributed by atoms with E-state index in [1.54, 1.807) is 0 Å². The first kappa shape index (κ1) is 12.8. The molecule has 1 fully saturated rings. The van der Waals surface area contributed by atoms with Crippen molar-refractivity contribution in [3.05, 3.63) is 29.6 Å². The largest absolute Gasteiger partial charge is 0.459 e. The van der Waals surface area contributed by atoms with E-state index >= 15 is 0 Å². The standard InChI is InChI=1S/C13H16FNO3/c14-9-4-5-12(15)11(7-9)13(16)18-8-10-3-1-2-6-17-10/h4-5,7,10H,1-3,6,8,15H2/t10-/m0/s1. The number of nitrogens with two attached hydrogens (primary N) is 1. The first-order chi connectivity index (χ1) is 8.66. The second-order valence-corrected chi connectivity index (χ2v) is 4.32. The number of esters is 1. The lowest BCUT2D eigenvalue weighted by molar-refractivity contribution is -0.0300. The van der Waals surface area contributed by atoms with Crippen LogP contribution >= 0.6 is 0 Å². The third-order valence-electron chi connectivity index (χ3n) is 2.91. The molecule has 1 saturated heterocycles. The van der Waals surface area contributed by atoms with Gasteiger partial charge in [-0.3, -0.25) is 0 Å². The van der Waals surface area contributed by atoms with Crippen molar-refractivity contribution < 1.29 is 18.7 Å². The smallest absolute Gasteiger partial charge is 0.340 e. The van der Waals surface area contributed by atoms with Crippen LogP contribution in [0.1, 0.15) is 29.6 Å². The number of anilines is 1. The zero-order valence-electron chi connectivity index (χ0n) is 10.0. The summed E-state index contributed by atoms with van der Waals surface area (Å²) in [7, 11) is 0. The highest BCUT2D eigenvalue weighted by Crippen LogP contribution is 2.17. The van der Waals surface area contributed by atoms with Gasteiger partial charge >= 0.3 is 5.97 Å². The molecule has 0 bridgehead atoms. The van der Waals surface area contributed by atoms with E-state index in [0.29, 0.717) is 6.61 Å².